The minimum Gasteiger partial charge on any atom is -0.478 e. The van der Waals surface area contributed by atoms with E-state index in [1.54, 1.807) is 6.08 Å². The van der Waals surface area contributed by atoms with Crippen molar-refractivity contribution in [2.45, 2.75) is 25.9 Å². The molecular weight excluding hydrogens is 254 g/mol. The zero-order valence-corrected chi connectivity index (χ0v) is 12.0. The highest BCUT2D eigenvalue weighted by molar-refractivity contribution is 5.87. The van der Waals surface area contributed by atoms with Gasteiger partial charge in [-0.1, -0.05) is 11.6 Å². The first-order valence-electron chi connectivity index (χ1n) is 6.90. The fourth-order valence-corrected chi connectivity index (χ4v) is 2.51. The van der Waals surface area contributed by atoms with Crippen LogP contribution in [0, 0.1) is 6.92 Å². The van der Waals surface area contributed by atoms with Crippen molar-refractivity contribution in [2.75, 3.05) is 25.1 Å². The second kappa shape index (κ2) is 6.57. The minimum absolute atomic E-state index is 0.276. The summed E-state index contributed by atoms with van der Waals surface area (Å²) in [5.41, 5.74) is 3.07. The summed E-state index contributed by atoms with van der Waals surface area (Å²) in [4.78, 5) is 12.8. The number of aryl methyl sites for hydroxylation is 1. The molecule has 0 aromatic heterocycles. The number of carboxylic acids is 1. The van der Waals surface area contributed by atoms with E-state index in [4.69, 9.17) is 9.84 Å². The van der Waals surface area contributed by atoms with Gasteiger partial charge in [-0.15, -0.1) is 0 Å². The largest absolute Gasteiger partial charge is 0.478 e. The van der Waals surface area contributed by atoms with Crippen LogP contribution in [0.3, 0.4) is 0 Å². The van der Waals surface area contributed by atoms with Crippen LogP contribution in [-0.2, 0) is 9.53 Å². The maximum Gasteiger partial charge on any atom is 0.328 e. The van der Waals surface area contributed by atoms with E-state index in [9.17, 15) is 4.79 Å². The van der Waals surface area contributed by atoms with Crippen molar-refractivity contribution < 1.29 is 14.6 Å². The quantitative estimate of drug-likeness (QED) is 0.839. The Morgan fingerprint density at radius 2 is 2.35 bits per heavy atom. The molecule has 0 amide bonds. The Hall–Kier alpha value is -1.81. The molecule has 4 heteroatoms. The van der Waals surface area contributed by atoms with E-state index < -0.39 is 5.97 Å². The van der Waals surface area contributed by atoms with E-state index in [1.807, 2.05) is 32.2 Å². The molecule has 1 aliphatic heterocycles. The average molecular weight is 275 g/mol. The van der Waals surface area contributed by atoms with Crippen LogP contribution in [0.25, 0.3) is 6.08 Å². The van der Waals surface area contributed by atoms with Crippen molar-refractivity contribution >= 4 is 17.7 Å². The first kappa shape index (κ1) is 14.6. The second-order valence-electron chi connectivity index (χ2n) is 5.25. The van der Waals surface area contributed by atoms with Crippen molar-refractivity contribution in [2.24, 2.45) is 0 Å². The summed E-state index contributed by atoms with van der Waals surface area (Å²) in [6.45, 7) is 3.68. The van der Waals surface area contributed by atoms with Crippen LogP contribution in [0.1, 0.15) is 24.0 Å². The van der Waals surface area contributed by atoms with Crippen LogP contribution >= 0.6 is 0 Å². The zero-order chi connectivity index (χ0) is 14.5. The van der Waals surface area contributed by atoms with Gasteiger partial charge >= 0.3 is 5.97 Å². The molecule has 1 atom stereocenters. The van der Waals surface area contributed by atoms with Crippen molar-refractivity contribution in [1.29, 1.82) is 0 Å². The highest BCUT2D eigenvalue weighted by atomic mass is 16.5. The highest BCUT2D eigenvalue weighted by Gasteiger charge is 2.18. The van der Waals surface area contributed by atoms with Gasteiger partial charge in [0.25, 0.3) is 0 Å². The Morgan fingerprint density at radius 1 is 1.55 bits per heavy atom. The van der Waals surface area contributed by atoms with Gasteiger partial charge in [0.2, 0.25) is 0 Å². The molecule has 0 radical (unpaired) electrons. The molecule has 4 nitrogen and oxygen atoms in total. The van der Waals surface area contributed by atoms with Gasteiger partial charge in [-0.05, 0) is 43.5 Å². The van der Waals surface area contributed by atoms with Gasteiger partial charge in [-0.2, -0.15) is 0 Å². The monoisotopic (exact) mass is 275 g/mol. The van der Waals surface area contributed by atoms with E-state index in [2.05, 4.69) is 4.90 Å². The number of hydrogen-bond acceptors (Lipinski definition) is 3. The summed E-state index contributed by atoms with van der Waals surface area (Å²) in [5.74, 6) is -0.931. The molecular formula is C16H21NO3. The lowest BCUT2D eigenvalue weighted by atomic mass is 10.1. The third-order valence-corrected chi connectivity index (χ3v) is 3.50. The van der Waals surface area contributed by atoms with Gasteiger partial charge in [0.1, 0.15) is 0 Å². The van der Waals surface area contributed by atoms with E-state index in [-0.39, 0.29) is 6.10 Å². The van der Waals surface area contributed by atoms with Crippen molar-refractivity contribution in [1.82, 2.24) is 0 Å². The highest BCUT2D eigenvalue weighted by Crippen LogP contribution is 2.24. The van der Waals surface area contributed by atoms with E-state index in [0.717, 1.165) is 42.8 Å². The molecule has 1 aliphatic rings. The summed E-state index contributed by atoms with van der Waals surface area (Å²) in [6, 6.07) is 6.08. The topological polar surface area (TPSA) is 49.8 Å². The van der Waals surface area contributed by atoms with Crippen LogP contribution in [0.4, 0.5) is 5.69 Å². The average Bonchev–Trinajstić information content (AvgIpc) is 2.89. The second-order valence-corrected chi connectivity index (χ2v) is 5.25. The predicted molar refractivity (Wildman–Crippen MR) is 80.1 cm³/mol. The molecule has 1 unspecified atom stereocenters. The lowest BCUT2D eigenvalue weighted by Crippen LogP contribution is -2.29. The van der Waals surface area contributed by atoms with Gasteiger partial charge in [0.15, 0.2) is 0 Å². The van der Waals surface area contributed by atoms with Gasteiger partial charge in [-0.25, -0.2) is 4.79 Å². The summed E-state index contributed by atoms with van der Waals surface area (Å²) in [6.07, 6.45) is 5.32. The van der Waals surface area contributed by atoms with Crippen LogP contribution in [-0.4, -0.2) is 37.4 Å². The molecule has 0 bridgehead atoms. The van der Waals surface area contributed by atoms with E-state index in [0.29, 0.717) is 0 Å². The fourth-order valence-electron chi connectivity index (χ4n) is 2.51. The van der Waals surface area contributed by atoms with Gasteiger partial charge in [-0.3, -0.25) is 0 Å². The number of anilines is 1. The summed E-state index contributed by atoms with van der Waals surface area (Å²) in [5, 5.41) is 8.78. The molecule has 1 fully saturated rings. The third kappa shape index (κ3) is 3.84. The molecule has 1 aromatic carbocycles. The smallest absolute Gasteiger partial charge is 0.328 e. The summed E-state index contributed by atoms with van der Waals surface area (Å²) < 4.78 is 5.65. The Bertz CT molecular complexity index is 504. The normalized spacial score (nSPS) is 18.6. The minimum atomic E-state index is -0.931. The standard InChI is InChI=1S/C16H21NO3/c1-12-5-7-15(13(10-12)6-8-16(18)19)17(2)11-14-4-3-9-20-14/h5-8,10,14H,3-4,9,11H2,1-2H3,(H,18,19)/b8-6+. The van der Waals surface area contributed by atoms with Crippen LogP contribution in [0.15, 0.2) is 24.3 Å². The fraction of sp³-hybridized carbons (Fsp3) is 0.438. The Kier molecular flexibility index (Phi) is 4.79. The lowest BCUT2D eigenvalue weighted by molar-refractivity contribution is -0.131. The molecule has 1 saturated heterocycles. The number of benzene rings is 1. The maximum absolute atomic E-state index is 10.7. The summed E-state index contributed by atoms with van der Waals surface area (Å²) in [7, 11) is 2.02. The predicted octanol–water partition coefficient (Wildman–Crippen LogP) is 2.71. The first-order valence-corrected chi connectivity index (χ1v) is 6.90. The zero-order valence-electron chi connectivity index (χ0n) is 12.0. The molecule has 20 heavy (non-hydrogen) atoms. The number of ether oxygens (including phenoxy) is 1. The Balaban J connectivity index is 2.18. The van der Waals surface area contributed by atoms with Crippen molar-refractivity contribution in [3.8, 4) is 0 Å². The molecule has 0 saturated carbocycles. The number of hydrogen-bond donors (Lipinski definition) is 1. The van der Waals surface area contributed by atoms with E-state index in [1.165, 1.54) is 6.08 Å². The number of carboxylic acid groups (broad SMARTS) is 1. The first-order chi connectivity index (χ1) is 9.56. The Morgan fingerprint density at radius 3 is 3.00 bits per heavy atom. The number of carbonyl (C=O) groups is 1. The van der Waals surface area contributed by atoms with Gasteiger partial charge < -0.3 is 14.7 Å². The van der Waals surface area contributed by atoms with Crippen LogP contribution in [0.5, 0.6) is 0 Å². The van der Waals surface area contributed by atoms with Crippen molar-refractivity contribution in [3.05, 3.63) is 35.4 Å². The van der Waals surface area contributed by atoms with Crippen LogP contribution < -0.4 is 4.90 Å². The number of likely N-dealkylation sites (N-methyl/N-ethyl adjacent to an activating group) is 1. The number of nitrogens with zero attached hydrogens (tertiary/aromatic N) is 1. The summed E-state index contributed by atoms with van der Waals surface area (Å²) >= 11 is 0. The number of aliphatic carboxylic acids is 1. The lowest BCUT2D eigenvalue weighted by Gasteiger charge is -2.24. The molecule has 108 valence electrons. The molecule has 1 aromatic rings. The van der Waals surface area contributed by atoms with Crippen molar-refractivity contribution in [3.63, 3.8) is 0 Å². The van der Waals surface area contributed by atoms with Gasteiger partial charge in [0.05, 0.1) is 6.10 Å². The third-order valence-electron chi connectivity index (χ3n) is 3.50. The number of rotatable bonds is 5. The Labute approximate surface area is 119 Å². The maximum atomic E-state index is 10.7. The molecule has 1 heterocycles. The van der Waals surface area contributed by atoms with Gasteiger partial charge in [0, 0.05) is 32.0 Å². The van der Waals surface area contributed by atoms with E-state index >= 15 is 0 Å². The molecule has 2 rings (SSSR count). The SMILES string of the molecule is Cc1ccc(N(C)CC2CCCO2)c(/C=C/C(=O)O)c1. The molecule has 0 spiro atoms. The van der Waals surface area contributed by atoms with Crippen LogP contribution in [0.2, 0.25) is 0 Å². The molecule has 1 N–H and O–H groups in total. The molecule has 0 aliphatic carbocycles.